The normalized spacial score (nSPS) is 10.7. The minimum atomic E-state index is -0.446. The summed E-state index contributed by atoms with van der Waals surface area (Å²) in [7, 11) is 1.63. The van der Waals surface area contributed by atoms with E-state index in [4.69, 9.17) is 9.47 Å². The van der Waals surface area contributed by atoms with Gasteiger partial charge in [-0.2, -0.15) is 0 Å². The first kappa shape index (κ1) is 20.2. The zero-order valence-corrected chi connectivity index (χ0v) is 18.1. The molecule has 0 atom stereocenters. The summed E-state index contributed by atoms with van der Waals surface area (Å²) in [5.41, 5.74) is 2.84. The van der Waals surface area contributed by atoms with Crippen LogP contribution in [0.4, 0.5) is 0 Å². The molecule has 0 saturated carbocycles. The Balaban J connectivity index is 1.52. The van der Waals surface area contributed by atoms with Gasteiger partial charge in [0.1, 0.15) is 17.4 Å². The quantitative estimate of drug-likeness (QED) is 0.297. The molecule has 0 fully saturated rings. The Hall–Kier alpha value is -3.10. The smallest absolute Gasteiger partial charge is 0.357 e. The summed E-state index contributed by atoms with van der Waals surface area (Å²) >= 11 is 2.95. The van der Waals surface area contributed by atoms with Crippen LogP contribution in [0.2, 0.25) is 0 Å². The number of ether oxygens (including phenoxy) is 2. The Bertz CT molecular complexity index is 1160. The molecule has 0 spiro atoms. The van der Waals surface area contributed by atoms with Crippen molar-refractivity contribution in [2.24, 2.45) is 0 Å². The number of imidazole rings is 1. The number of hydrogen-bond acceptors (Lipinski definition) is 7. The molecule has 6 nitrogen and oxygen atoms in total. The van der Waals surface area contributed by atoms with Crippen molar-refractivity contribution in [1.29, 1.82) is 0 Å². The van der Waals surface area contributed by atoms with E-state index in [0.29, 0.717) is 11.4 Å². The van der Waals surface area contributed by atoms with Crippen molar-refractivity contribution in [3.63, 3.8) is 0 Å². The van der Waals surface area contributed by atoms with Crippen LogP contribution in [0, 0.1) is 0 Å². The van der Waals surface area contributed by atoms with Crippen molar-refractivity contribution in [3.8, 4) is 22.0 Å². The molecule has 2 aromatic heterocycles. The zero-order chi connectivity index (χ0) is 20.9. The molecule has 0 bridgehead atoms. The third-order valence-electron chi connectivity index (χ3n) is 4.38. The molecule has 0 aliphatic heterocycles. The highest BCUT2D eigenvalue weighted by Crippen LogP contribution is 2.32. The summed E-state index contributed by atoms with van der Waals surface area (Å²) < 4.78 is 12.7. The monoisotopic (exact) mass is 437 g/mol. The van der Waals surface area contributed by atoms with Gasteiger partial charge in [-0.3, -0.25) is 4.57 Å². The second kappa shape index (κ2) is 9.15. The number of aromatic nitrogens is 3. The average Bonchev–Trinajstić information content (AvgIpc) is 3.45. The third kappa shape index (κ3) is 4.10. The van der Waals surface area contributed by atoms with Crippen molar-refractivity contribution < 1.29 is 14.3 Å². The van der Waals surface area contributed by atoms with Crippen molar-refractivity contribution in [3.05, 3.63) is 77.6 Å². The number of carbonyl (C=O) groups is 1. The first-order valence-electron chi connectivity index (χ1n) is 9.13. The summed E-state index contributed by atoms with van der Waals surface area (Å²) in [6.07, 6.45) is 3.47. The van der Waals surface area contributed by atoms with E-state index in [1.54, 1.807) is 17.9 Å². The summed E-state index contributed by atoms with van der Waals surface area (Å²) in [6, 6.07) is 17.3. The minimum absolute atomic E-state index is 0.0824. The lowest BCUT2D eigenvalue weighted by molar-refractivity contribution is 0.0458. The highest BCUT2D eigenvalue weighted by Gasteiger charge is 2.19. The Kier molecular flexibility index (Phi) is 6.15. The van der Waals surface area contributed by atoms with Gasteiger partial charge in [0.25, 0.3) is 0 Å². The van der Waals surface area contributed by atoms with Crippen LogP contribution in [-0.4, -0.2) is 33.9 Å². The molecule has 2 heterocycles. The molecule has 8 heteroatoms. The first-order chi connectivity index (χ1) is 14.7. The van der Waals surface area contributed by atoms with Crippen LogP contribution < -0.4 is 4.74 Å². The molecule has 0 N–H and O–H groups in total. The van der Waals surface area contributed by atoms with Crippen LogP contribution in [0.3, 0.4) is 0 Å². The van der Waals surface area contributed by atoms with Gasteiger partial charge in [-0.1, -0.05) is 42.1 Å². The Morgan fingerprint density at radius 3 is 2.67 bits per heavy atom. The van der Waals surface area contributed by atoms with Crippen LogP contribution in [-0.2, 0) is 11.3 Å². The van der Waals surface area contributed by atoms with Gasteiger partial charge in [-0.25, -0.2) is 14.8 Å². The van der Waals surface area contributed by atoms with Gasteiger partial charge in [-0.05, 0) is 30.5 Å². The Morgan fingerprint density at radius 1 is 1.13 bits per heavy atom. The molecule has 2 aromatic carbocycles. The molecular formula is C22H19N3O3S2. The van der Waals surface area contributed by atoms with Crippen molar-refractivity contribution in [1.82, 2.24) is 14.5 Å². The second-order valence-corrected chi connectivity index (χ2v) is 7.85. The third-order valence-corrected chi connectivity index (χ3v) is 5.95. The largest absolute Gasteiger partial charge is 0.496 e. The minimum Gasteiger partial charge on any atom is -0.496 e. The van der Waals surface area contributed by atoms with E-state index in [1.807, 2.05) is 66.2 Å². The number of carbonyl (C=O) groups excluding carboxylic acids is 1. The number of methoxy groups -OCH3 is 1. The van der Waals surface area contributed by atoms with Crippen molar-refractivity contribution in [2.45, 2.75) is 11.8 Å². The molecule has 152 valence electrons. The number of benzene rings is 2. The van der Waals surface area contributed by atoms with Gasteiger partial charge in [0.2, 0.25) is 0 Å². The maximum absolute atomic E-state index is 12.8. The number of hydrogen-bond donors (Lipinski definition) is 0. The number of para-hydroxylation sites is 2. The van der Waals surface area contributed by atoms with Gasteiger partial charge in [-0.15, -0.1) is 11.3 Å². The topological polar surface area (TPSA) is 66.2 Å². The first-order valence-corrected chi connectivity index (χ1v) is 11.2. The van der Waals surface area contributed by atoms with Gasteiger partial charge in [0.15, 0.2) is 10.9 Å². The fourth-order valence-corrected chi connectivity index (χ4v) is 4.36. The van der Waals surface area contributed by atoms with E-state index in [9.17, 15) is 4.79 Å². The standard InChI is InChI=1S/C22H19N3O3S2/c1-27-19-11-7-6-10-17(19)20-24-15(14-30-20)13-28-21(26)18-12-23-22(29-2)25(18)16-8-4-3-5-9-16/h3-12,14H,13H2,1-2H3. The molecule has 0 radical (unpaired) electrons. The van der Waals surface area contributed by atoms with E-state index in [2.05, 4.69) is 9.97 Å². The zero-order valence-electron chi connectivity index (χ0n) is 16.4. The molecule has 0 amide bonds. The van der Waals surface area contributed by atoms with Gasteiger partial charge < -0.3 is 9.47 Å². The number of rotatable bonds is 7. The van der Waals surface area contributed by atoms with E-state index in [-0.39, 0.29) is 6.61 Å². The lowest BCUT2D eigenvalue weighted by Gasteiger charge is -2.10. The van der Waals surface area contributed by atoms with Gasteiger partial charge in [0.05, 0.1) is 24.6 Å². The van der Waals surface area contributed by atoms with Crippen LogP contribution in [0.15, 0.2) is 71.3 Å². The second-order valence-electron chi connectivity index (χ2n) is 6.22. The number of thiazole rings is 1. The Morgan fingerprint density at radius 2 is 1.90 bits per heavy atom. The maximum atomic E-state index is 12.8. The summed E-state index contributed by atoms with van der Waals surface area (Å²) in [5.74, 6) is 0.310. The van der Waals surface area contributed by atoms with E-state index in [0.717, 1.165) is 27.2 Å². The van der Waals surface area contributed by atoms with Gasteiger partial charge >= 0.3 is 5.97 Å². The molecule has 4 aromatic rings. The Labute approximate surface area is 182 Å². The van der Waals surface area contributed by atoms with Crippen LogP contribution >= 0.6 is 23.1 Å². The van der Waals surface area contributed by atoms with E-state index in [1.165, 1.54) is 23.1 Å². The summed E-state index contributed by atoms with van der Waals surface area (Å²) in [6.45, 7) is 0.0824. The van der Waals surface area contributed by atoms with Gasteiger partial charge in [0, 0.05) is 11.1 Å². The SMILES string of the molecule is COc1ccccc1-c1nc(COC(=O)c2cnc(SC)n2-c2ccccc2)cs1. The molecule has 0 saturated heterocycles. The predicted molar refractivity (Wildman–Crippen MR) is 119 cm³/mol. The van der Waals surface area contributed by atoms with Crippen molar-refractivity contribution >= 4 is 29.1 Å². The lowest BCUT2D eigenvalue weighted by atomic mass is 10.2. The molecular weight excluding hydrogens is 418 g/mol. The van der Waals surface area contributed by atoms with E-state index >= 15 is 0 Å². The van der Waals surface area contributed by atoms with Crippen molar-refractivity contribution in [2.75, 3.05) is 13.4 Å². The highest BCUT2D eigenvalue weighted by molar-refractivity contribution is 7.98. The average molecular weight is 438 g/mol. The summed E-state index contributed by atoms with van der Waals surface area (Å²) in [5, 5.41) is 3.43. The van der Waals surface area contributed by atoms with Crippen LogP contribution in [0.25, 0.3) is 16.3 Å². The number of thioether (sulfide) groups is 1. The fraction of sp³-hybridized carbons (Fsp3) is 0.136. The van der Waals surface area contributed by atoms with Crippen LogP contribution in [0.5, 0.6) is 5.75 Å². The van der Waals surface area contributed by atoms with E-state index < -0.39 is 5.97 Å². The molecule has 0 unspecified atom stereocenters. The predicted octanol–water partition coefficient (Wildman–Crippen LogP) is 5.08. The maximum Gasteiger partial charge on any atom is 0.357 e. The fourth-order valence-electron chi connectivity index (χ4n) is 2.98. The molecule has 30 heavy (non-hydrogen) atoms. The molecule has 0 aliphatic carbocycles. The lowest BCUT2D eigenvalue weighted by Crippen LogP contribution is -2.12. The molecule has 0 aliphatic rings. The number of nitrogens with zero attached hydrogens (tertiary/aromatic N) is 3. The number of esters is 1. The van der Waals surface area contributed by atoms with Crippen LogP contribution in [0.1, 0.15) is 16.2 Å². The highest BCUT2D eigenvalue weighted by atomic mass is 32.2. The summed E-state index contributed by atoms with van der Waals surface area (Å²) in [4.78, 5) is 21.7. The molecule has 4 rings (SSSR count).